The quantitative estimate of drug-likeness (QED) is 0.470. The van der Waals surface area contributed by atoms with Crippen LogP contribution in [0.1, 0.15) is 13.3 Å². The van der Waals surface area contributed by atoms with E-state index in [2.05, 4.69) is 19.0 Å². The molecule has 1 heterocycles. The van der Waals surface area contributed by atoms with Crippen LogP contribution in [0, 0.1) is 6.42 Å². The molecule has 0 aliphatic carbocycles. The molecule has 1 aliphatic rings. The minimum Gasteiger partial charge on any atom is -0.365 e. The van der Waals surface area contributed by atoms with Crippen molar-refractivity contribution in [3.05, 3.63) is 6.42 Å². The fraction of sp³-hybridized carbons (Fsp3) is 0.800. The number of thiol groups is 1. The molecule has 0 spiro atoms. The largest absolute Gasteiger partial charge is 0.365 e. The summed E-state index contributed by atoms with van der Waals surface area (Å²) in [5.41, 5.74) is 0. The average molecular weight is 117 g/mol. The van der Waals surface area contributed by atoms with E-state index in [0.717, 1.165) is 13.0 Å². The van der Waals surface area contributed by atoms with Crippen LogP contribution in [0.25, 0.3) is 0 Å². The summed E-state index contributed by atoms with van der Waals surface area (Å²) < 4.78 is 5.15. The van der Waals surface area contributed by atoms with Gasteiger partial charge in [-0.2, -0.15) is 0 Å². The van der Waals surface area contributed by atoms with E-state index in [1.165, 1.54) is 0 Å². The minimum absolute atomic E-state index is 0.236. The van der Waals surface area contributed by atoms with Crippen molar-refractivity contribution in [1.82, 2.24) is 0 Å². The molecule has 1 saturated heterocycles. The smallest absolute Gasteiger partial charge is 0.111 e. The van der Waals surface area contributed by atoms with Gasteiger partial charge in [0.2, 0.25) is 0 Å². The van der Waals surface area contributed by atoms with E-state index in [-0.39, 0.29) is 4.93 Å². The maximum atomic E-state index is 5.15. The zero-order valence-electron chi connectivity index (χ0n) is 4.35. The van der Waals surface area contributed by atoms with Crippen molar-refractivity contribution >= 4 is 12.6 Å². The van der Waals surface area contributed by atoms with Crippen LogP contribution in [-0.4, -0.2) is 11.5 Å². The first-order valence-electron chi connectivity index (χ1n) is 2.41. The third-order valence-corrected chi connectivity index (χ3v) is 1.35. The predicted octanol–water partition coefficient (Wildman–Crippen LogP) is 1.26. The molecule has 0 aromatic carbocycles. The van der Waals surface area contributed by atoms with Crippen LogP contribution in [0.5, 0.6) is 0 Å². The lowest BCUT2D eigenvalue weighted by molar-refractivity contribution is 0.112. The van der Waals surface area contributed by atoms with Crippen molar-refractivity contribution in [2.45, 2.75) is 18.3 Å². The number of ether oxygens (including phenoxy) is 1. The molecular formula is C5H9OS. The average Bonchev–Trinajstić information content (AvgIpc) is 1.84. The highest BCUT2D eigenvalue weighted by Crippen LogP contribution is 2.26. The molecule has 1 radical (unpaired) electrons. The van der Waals surface area contributed by atoms with Crippen LogP contribution >= 0.6 is 12.6 Å². The zero-order valence-corrected chi connectivity index (χ0v) is 5.24. The van der Waals surface area contributed by atoms with E-state index in [9.17, 15) is 0 Å². The second-order valence-corrected chi connectivity index (χ2v) is 2.78. The van der Waals surface area contributed by atoms with Gasteiger partial charge in [0.05, 0.1) is 0 Å². The lowest BCUT2D eigenvalue weighted by Crippen LogP contribution is -2.12. The van der Waals surface area contributed by atoms with Crippen LogP contribution < -0.4 is 0 Å². The van der Waals surface area contributed by atoms with Gasteiger partial charge in [-0.05, 0) is 13.3 Å². The lowest BCUT2D eigenvalue weighted by atomic mass is 10.3. The van der Waals surface area contributed by atoms with E-state index in [1.807, 2.05) is 6.92 Å². The lowest BCUT2D eigenvalue weighted by Gasteiger charge is -2.12. The molecule has 2 heteroatoms. The number of hydrogen-bond donors (Lipinski definition) is 1. The Labute approximate surface area is 49.5 Å². The second-order valence-electron chi connectivity index (χ2n) is 1.90. The standard InChI is InChI=1S/C5H9OS/c1-5(7)3-2-4-6-5/h3,7H,2,4H2,1H3. The van der Waals surface area contributed by atoms with Gasteiger partial charge >= 0.3 is 0 Å². The molecule has 1 aliphatic heterocycles. The molecule has 0 amide bonds. The first-order valence-corrected chi connectivity index (χ1v) is 2.86. The predicted molar refractivity (Wildman–Crippen MR) is 32.3 cm³/mol. The van der Waals surface area contributed by atoms with Crippen molar-refractivity contribution in [3.8, 4) is 0 Å². The molecule has 0 aromatic heterocycles. The highest BCUT2D eigenvalue weighted by Gasteiger charge is 2.24. The molecule has 0 N–H and O–H groups in total. The van der Waals surface area contributed by atoms with Gasteiger partial charge < -0.3 is 4.74 Å². The molecule has 41 valence electrons. The van der Waals surface area contributed by atoms with Crippen LogP contribution in [-0.2, 0) is 4.74 Å². The van der Waals surface area contributed by atoms with Gasteiger partial charge in [0, 0.05) is 13.0 Å². The van der Waals surface area contributed by atoms with Crippen molar-refractivity contribution < 1.29 is 4.74 Å². The van der Waals surface area contributed by atoms with Crippen LogP contribution in [0.3, 0.4) is 0 Å². The highest BCUT2D eigenvalue weighted by atomic mass is 32.1. The minimum atomic E-state index is -0.236. The van der Waals surface area contributed by atoms with Crippen molar-refractivity contribution in [1.29, 1.82) is 0 Å². The number of hydrogen-bond acceptors (Lipinski definition) is 2. The fourth-order valence-electron chi connectivity index (χ4n) is 0.651. The highest BCUT2D eigenvalue weighted by molar-refractivity contribution is 7.81. The van der Waals surface area contributed by atoms with Crippen LogP contribution in [0.15, 0.2) is 0 Å². The Kier molecular flexibility index (Phi) is 1.30. The van der Waals surface area contributed by atoms with Gasteiger partial charge in [-0.3, -0.25) is 0 Å². The SMILES string of the molecule is CC1(S)[CH]CCO1. The zero-order chi connectivity index (χ0) is 5.33. The number of rotatable bonds is 0. The van der Waals surface area contributed by atoms with Crippen molar-refractivity contribution in [3.63, 3.8) is 0 Å². The Morgan fingerprint density at radius 1 is 1.86 bits per heavy atom. The summed E-state index contributed by atoms with van der Waals surface area (Å²) in [5, 5.41) is 0. The Morgan fingerprint density at radius 3 is 2.71 bits per heavy atom. The first kappa shape index (κ1) is 5.45. The van der Waals surface area contributed by atoms with Crippen LogP contribution in [0.4, 0.5) is 0 Å². The Balaban J connectivity index is 2.40. The second kappa shape index (κ2) is 1.67. The summed E-state index contributed by atoms with van der Waals surface area (Å²) in [4.78, 5) is -0.236. The van der Waals surface area contributed by atoms with E-state index in [0.29, 0.717) is 0 Å². The maximum Gasteiger partial charge on any atom is 0.111 e. The van der Waals surface area contributed by atoms with Crippen molar-refractivity contribution in [2.75, 3.05) is 6.61 Å². The van der Waals surface area contributed by atoms with E-state index in [4.69, 9.17) is 4.74 Å². The summed E-state index contributed by atoms with van der Waals surface area (Å²) in [6.45, 7) is 2.78. The Bertz CT molecular complexity index is 62.5. The van der Waals surface area contributed by atoms with E-state index in [1.54, 1.807) is 0 Å². The normalized spacial score (nSPS) is 42.0. The van der Waals surface area contributed by atoms with Gasteiger partial charge in [0.25, 0.3) is 0 Å². The Morgan fingerprint density at radius 2 is 2.57 bits per heavy atom. The van der Waals surface area contributed by atoms with Gasteiger partial charge in [-0.25, -0.2) is 0 Å². The molecule has 7 heavy (non-hydrogen) atoms. The van der Waals surface area contributed by atoms with Crippen LogP contribution in [0.2, 0.25) is 0 Å². The van der Waals surface area contributed by atoms with Gasteiger partial charge in [0.15, 0.2) is 0 Å². The fourth-order valence-corrected chi connectivity index (χ4v) is 0.872. The summed E-state index contributed by atoms with van der Waals surface area (Å²) in [6, 6.07) is 0. The van der Waals surface area contributed by atoms with E-state index >= 15 is 0 Å². The molecule has 0 saturated carbocycles. The van der Waals surface area contributed by atoms with Gasteiger partial charge in [-0.1, -0.05) is 0 Å². The third-order valence-electron chi connectivity index (χ3n) is 1.04. The molecule has 1 rings (SSSR count). The molecule has 1 nitrogen and oxygen atoms in total. The maximum absolute atomic E-state index is 5.15. The summed E-state index contributed by atoms with van der Waals surface area (Å²) in [6.07, 6.45) is 3.11. The molecule has 1 fully saturated rings. The summed E-state index contributed by atoms with van der Waals surface area (Å²) in [5.74, 6) is 0. The first-order chi connectivity index (χ1) is 3.21. The third kappa shape index (κ3) is 1.35. The Hall–Kier alpha value is 0.310. The molecule has 0 aromatic rings. The van der Waals surface area contributed by atoms with Crippen molar-refractivity contribution in [2.24, 2.45) is 0 Å². The monoisotopic (exact) mass is 117 g/mol. The molecule has 0 bridgehead atoms. The molecule has 1 unspecified atom stereocenters. The van der Waals surface area contributed by atoms with Gasteiger partial charge in [-0.15, -0.1) is 12.6 Å². The molecular weight excluding hydrogens is 108 g/mol. The van der Waals surface area contributed by atoms with Gasteiger partial charge in [0.1, 0.15) is 4.93 Å². The summed E-state index contributed by atoms with van der Waals surface area (Å²) in [7, 11) is 0. The van der Waals surface area contributed by atoms with E-state index < -0.39 is 0 Å². The summed E-state index contributed by atoms with van der Waals surface area (Å²) >= 11 is 4.17. The topological polar surface area (TPSA) is 9.23 Å². The molecule has 1 atom stereocenters.